The molecule has 2 saturated carbocycles. The third-order valence-corrected chi connectivity index (χ3v) is 9.75. The highest BCUT2D eigenvalue weighted by molar-refractivity contribution is 6.83. The third kappa shape index (κ3) is 6.68. The summed E-state index contributed by atoms with van der Waals surface area (Å²) in [6.07, 6.45) is 4.87. The molecule has 3 fully saturated rings. The Bertz CT molecular complexity index is 1660. The van der Waals surface area contributed by atoms with Crippen LogP contribution in [0.3, 0.4) is 0 Å². The standard InChI is InChI=1S/C32H34BClF3N7O3/c1-19(2)44(21-10-32(36,37)11-21)30(46)23-9-20(35)3-4-26(23)41-29(28(34)42-40-18-45)43-15-31(16-43)12-22(13-31)47-27-6-8-39-25-5-7-33(17-38)14-24(25)27/h3-4,6,8-9,18-19,21-22H,5,7,10-16H2,1-2H3,(H,40,45)/b41-29?,42-28+. The number of amides is 2. The van der Waals surface area contributed by atoms with Crippen molar-refractivity contribution in [3.63, 3.8) is 0 Å². The highest BCUT2D eigenvalue weighted by Gasteiger charge is 2.55. The van der Waals surface area contributed by atoms with Gasteiger partial charge in [0.15, 0.2) is 11.0 Å². The molecule has 0 atom stereocenters. The molecule has 1 aromatic carbocycles. The van der Waals surface area contributed by atoms with Gasteiger partial charge in [-0.1, -0.05) is 17.9 Å². The van der Waals surface area contributed by atoms with Crippen molar-refractivity contribution in [1.29, 1.82) is 5.26 Å². The van der Waals surface area contributed by atoms with Gasteiger partial charge in [-0.3, -0.25) is 14.6 Å². The Labute approximate surface area is 276 Å². The number of halogens is 4. The molecule has 6 rings (SSSR count). The summed E-state index contributed by atoms with van der Waals surface area (Å²) in [5.41, 5.74) is 4.09. The quantitative estimate of drug-likeness (QED) is 0.133. The van der Waals surface area contributed by atoms with E-state index in [9.17, 15) is 28.0 Å². The highest BCUT2D eigenvalue weighted by Crippen LogP contribution is 2.50. The van der Waals surface area contributed by atoms with Gasteiger partial charge in [-0.25, -0.2) is 28.9 Å². The molecule has 1 aromatic heterocycles. The van der Waals surface area contributed by atoms with Crippen LogP contribution in [-0.2, 0) is 17.5 Å². The number of ether oxygens (including phenoxy) is 1. The van der Waals surface area contributed by atoms with Crippen molar-refractivity contribution >= 4 is 47.3 Å². The number of aliphatic imine (C=N–C) groups is 1. The van der Waals surface area contributed by atoms with Crippen LogP contribution < -0.4 is 10.2 Å². The molecule has 0 radical (unpaired) electrons. The topological polar surface area (TPSA) is 123 Å². The number of carbonyl (C=O) groups is 2. The molecular weight excluding hydrogens is 634 g/mol. The molecule has 246 valence electrons. The number of aromatic nitrogens is 1. The van der Waals surface area contributed by atoms with Crippen LogP contribution in [0.1, 0.15) is 61.1 Å². The van der Waals surface area contributed by atoms with Crippen molar-refractivity contribution in [2.45, 2.75) is 82.7 Å². The highest BCUT2D eigenvalue weighted by atomic mass is 35.5. The summed E-state index contributed by atoms with van der Waals surface area (Å²) in [5, 5.41) is 13.2. The Morgan fingerprint density at radius 3 is 2.68 bits per heavy atom. The maximum atomic E-state index is 14.5. The predicted molar refractivity (Wildman–Crippen MR) is 171 cm³/mol. The first-order chi connectivity index (χ1) is 22.4. The number of benzene rings is 1. The van der Waals surface area contributed by atoms with E-state index in [-0.39, 0.29) is 40.5 Å². The van der Waals surface area contributed by atoms with E-state index >= 15 is 0 Å². The number of carbonyl (C=O) groups excluding carboxylic acids is 2. The van der Waals surface area contributed by atoms with E-state index in [1.54, 1.807) is 20.0 Å². The van der Waals surface area contributed by atoms with Gasteiger partial charge in [0.25, 0.3) is 18.5 Å². The molecule has 2 aliphatic heterocycles. The lowest BCUT2D eigenvalue weighted by molar-refractivity contribution is -0.120. The molecule has 1 saturated heterocycles. The molecule has 47 heavy (non-hydrogen) atoms. The van der Waals surface area contributed by atoms with E-state index in [0.717, 1.165) is 54.7 Å². The Kier molecular flexibility index (Phi) is 8.95. The van der Waals surface area contributed by atoms with Crippen molar-refractivity contribution in [1.82, 2.24) is 20.2 Å². The summed E-state index contributed by atoms with van der Waals surface area (Å²) in [6.45, 7) is 4.48. The van der Waals surface area contributed by atoms with Gasteiger partial charge in [-0.05, 0) is 63.7 Å². The lowest BCUT2D eigenvalue weighted by Gasteiger charge is -2.59. The van der Waals surface area contributed by atoms with Gasteiger partial charge >= 0.3 is 0 Å². The number of hydrogen-bond donors (Lipinski definition) is 1. The average molecular weight is 668 g/mol. The molecule has 2 amide bonds. The normalized spacial score (nSPS) is 20.5. The van der Waals surface area contributed by atoms with Crippen molar-refractivity contribution in [3.05, 3.63) is 53.1 Å². The summed E-state index contributed by atoms with van der Waals surface area (Å²) in [7, 11) is 0. The van der Waals surface area contributed by atoms with Crippen LogP contribution in [-0.4, -0.2) is 82.0 Å². The predicted octanol–water partition coefficient (Wildman–Crippen LogP) is 4.94. The number of fused-ring (bicyclic) bond motifs is 1. The van der Waals surface area contributed by atoms with Gasteiger partial charge in [0, 0.05) is 66.9 Å². The first kappa shape index (κ1) is 32.8. The molecular formula is C32H34BClF3N7O3. The first-order valence-electron chi connectivity index (χ1n) is 15.7. The number of nitrogens with zero attached hydrogens (tertiary/aromatic N) is 6. The second-order valence-corrected chi connectivity index (χ2v) is 13.6. The number of hydrazone groups is 1. The van der Waals surface area contributed by atoms with E-state index < -0.39 is 42.6 Å². The van der Waals surface area contributed by atoms with Crippen LogP contribution in [0.25, 0.3) is 0 Å². The van der Waals surface area contributed by atoms with Gasteiger partial charge in [-0.2, -0.15) is 5.10 Å². The van der Waals surface area contributed by atoms with E-state index in [0.29, 0.717) is 25.8 Å². The summed E-state index contributed by atoms with van der Waals surface area (Å²) >= 11 is 6.50. The lowest BCUT2D eigenvalue weighted by Crippen LogP contribution is -2.66. The van der Waals surface area contributed by atoms with E-state index in [1.807, 2.05) is 11.0 Å². The van der Waals surface area contributed by atoms with Gasteiger partial charge < -0.3 is 14.5 Å². The molecule has 0 bridgehead atoms. The maximum Gasteiger partial charge on any atom is 0.272 e. The summed E-state index contributed by atoms with van der Waals surface area (Å²) in [4.78, 5) is 37.0. The van der Waals surface area contributed by atoms with Crippen molar-refractivity contribution < 1.29 is 27.5 Å². The van der Waals surface area contributed by atoms with Crippen LogP contribution in [0.15, 0.2) is 40.6 Å². The molecule has 2 aromatic rings. The Balaban J connectivity index is 1.19. The number of likely N-dealkylation sites (tertiary alicyclic amines) is 1. The average Bonchev–Trinajstić information content (AvgIpc) is 2.98. The Morgan fingerprint density at radius 1 is 1.28 bits per heavy atom. The van der Waals surface area contributed by atoms with Crippen molar-refractivity contribution in [3.8, 4) is 11.7 Å². The fourth-order valence-corrected chi connectivity index (χ4v) is 7.44. The van der Waals surface area contributed by atoms with Crippen LogP contribution >= 0.6 is 11.6 Å². The SMILES string of the molecule is CC(C)N(C(=O)c1cc(F)ccc1N=C(/C(Cl)=N\NC=O)N1CC2(CC(Oc3ccnc4c3CB(C#N)CC4)C2)C1)C1CC(F)(F)C1. The molecule has 2 aliphatic carbocycles. The van der Waals surface area contributed by atoms with Crippen LogP contribution in [0, 0.1) is 22.5 Å². The number of aryl methyl sites for hydroxylation is 1. The zero-order valence-corrected chi connectivity index (χ0v) is 26.8. The van der Waals surface area contributed by atoms with Gasteiger partial charge in [0.2, 0.25) is 6.41 Å². The number of pyridine rings is 1. The minimum Gasteiger partial charge on any atom is -0.490 e. The molecule has 4 aliphatic rings. The summed E-state index contributed by atoms with van der Waals surface area (Å²) in [6, 6.07) is 4.29. The van der Waals surface area contributed by atoms with Gasteiger partial charge in [-0.15, -0.1) is 0 Å². The lowest BCUT2D eigenvalue weighted by atomic mass is 9.42. The number of nitrogens with one attached hydrogen (secondary N) is 1. The summed E-state index contributed by atoms with van der Waals surface area (Å²) in [5.74, 6) is -0.827. The molecule has 15 heteroatoms. The minimum absolute atomic E-state index is 0.0189. The number of amidine groups is 1. The largest absolute Gasteiger partial charge is 0.490 e. The zero-order valence-electron chi connectivity index (χ0n) is 26.1. The molecule has 1 N–H and O–H groups in total. The molecule has 3 heterocycles. The number of hydrogen-bond acceptors (Lipinski definition) is 7. The van der Waals surface area contributed by atoms with Crippen molar-refractivity contribution in [2.75, 3.05) is 13.1 Å². The minimum atomic E-state index is -2.85. The molecule has 10 nitrogen and oxygen atoms in total. The second-order valence-electron chi connectivity index (χ2n) is 13.3. The molecule has 1 spiro atoms. The van der Waals surface area contributed by atoms with E-state index in [4.69, 9.17) is 16.3 Å². The second kappa shape index (κ2) is 12.8. The molecule has 0 unspecified atom stereocenters. The summed E-state index contributed by atoms with van der Waals surface area (Å²) < 4.78 is 48.4. The fourth-order valence-electron chi connectivity index (χ4n) is 7.23. The first-order valence-corrected chi connectivity index (χ1v) is 16.1. The fraction of sp³-hybridized carbons (Fsp3) is 0.500. The van der Waals surface area contributed by atoms with E-state index in [1.165, 1.54) is 11.0 Å². The van der Waals surface area contributed by atoms with Gasteiger partial charge in [0.1, 0.15) is 17.7 Å². The number of alkyl halides is 2. The number of rotatable bonds is 9. The van der Waals surface area contributed by atoms with Crippen LogP contribution in [0.4, 0.5) is 18.9 Å². The van der Waals surface area contributed by atoms with Crippen LogP contribution in [0.5, 0.6) is 5.75 Å². The number of nitriles is 1. The van der Waals surface area contributed by atoms with Crippen LogP contribution in [0.2, 0.25) is 6.32 Å². The smallest absolute Gasteiger partial charge is 0.272 e. The zero-order chi connectivity index (χ0) is 33.5. The third-order valence-electron chi connectivity index (χ3n) is 9.50. The monoisotopic (exact) mass is 667 g/mol. The maximum absolute atomic E-state index is 14.5. The Hall–Kier alpha value is -4.12. The van der Waals surface area contributed by atoms with E-state index in [2.05, 4.69) is 26.5 Å². The van der Waals surface area contributed by atoms with Gasteiger partial charge in [0.05, 0.1) is 11.3 Å². The van der Waals surface area contributed by atoms with Crippen molar-refractivity contribution in [2.24, 2.45) is 15.5 Å². The Morgan fingerprint density at radius 2 is 2.02 bits per heavy atom.